The van der Waals surface area contributed by atoms with E-state index in [2.05, 4.69) is 40.2 Å². The van der Waals surface area contributed by atoms with Crippen LogP contribution in [-0.4, -0.2) is 53.2 Å². The highest BCUT2D eigenvalue weighted by Gasteiger charge is 2.49. The largest absolute Gasteiger partial charge is 0.481 e. The van der Waals surface area contributed by atoms with E-state index in [1.807, 2.05) is 19.1 Å². The second-order valence-electron chi connectivity index (χ2n) is 11.7. The fourth-order valence-corrected chi connectivity index (χ4v) is 8.12. The third kappa shape index (κ3) is 4.87. The molecule has 3 fully saturated rings. The molecule has 0 spiro atoms. The van der Waals surface area contributed by atoms with E-state index in [9.17, 15) is 9.90 Å². The fraction of sp³-hybridized carbons (Fsp3) is 0.517. The van der Waals surface area contributed by atoms with Gasteiger partial charge in [0.25, 0.3) is 0 Å². The summed E-state index contributed by atoms with van der Waals surface area (Å²) >= 11 is 14.3. The molecule has 2 aliphatic heterocycles. The third-order valence-electron chi connectivity index (χ3n) is 8.95. The summed E-state index contributed by atoms with van der Waals surface area (Å²) in [6.45, 7) is 8.32. The Bertz CT molecular complexity index is 1350. The van der Waals surface area contributed by atoms with E-state index < -0.39 is 11.4 Å². The van der Waals surface area contributed by atoms with Gasteiger partial charge >= 0.3 is 5.97 Å². The summed E-state index contributed by atoms with van der Waals surface area (Å²) in [5.74, 6) is 0.725. The number of thiazole rings is 1. The normalized spacial score (nSPS) is 27.1. The molecule has 0 amide bonds. The first kappa shape index (κ1) is 26.2. The average Bonchev–Trinajstić information content (AvgIpc) is 3.26. The van der Waals surface area contributed by atoms with Crippen molar-refractivity contribution in [2.45, 2.75) is 51.6 Å². The van der Waals surface area contributed by atoms with Crippen molar-refractivity contribution in [3.05, 3.63) is 52.0 Å². The summed E-state index contributed by atoms with van der Waals surface area (Å²) in [5.41, 5.74) is 2.57. The van der Waals surface area contributed by atoms with Crippen LogP contribution < -0.4 is 10.2 Å². The van der Waals surface area contributed by atoms with E-state index in [4.69, 9.17) is 28.2 Å². The highest BCUT2D eigenvalue weighted by Crippen LogP contribution is 2.46. The van der Waals surface area contributed by atoms with Crippen molar-refractivity contribution < 1.29 is 9.90 Å². The van der Waals surface area contributed by atoms with E-state index in [0.717, 1.165) is 65.6 Å². The SMILES string of the molecule is C[C@@H](Nc1cccc2nc(N3CC([C@H]4CCCN(C5CC(C)(C(=O)O)C5)C4)C3)sc12)c1ccc(Cl)cc1Cl. The van der Waals surface area contributed by atoms with Gasteiger partial charge in [0.2, 0.25) is 0 Å². The van der Waals surface area contributed by atoms with Gasteiger partial charge in [0, 0.05) is 35.7 Å². The number of hydrogen-bond acceptors (Lipinski definition) is 6. The Hall–Kier alpha value is -2.06. The van der Waals surface area contributed by atoms with E-state index in [-0.39, 0.29) is 6.04 Å². The topological polar surface area (TPSA) is 68.7 Å². The number of aliphatic carboxylic acids is 1. The van der Waals surface area contributed by atoms with Crippen LogP contribution in [0.4, 0.5) is 10.8 Å². The molecule has 6 nitrogen and oxygen atoms in total. The molecule has 0 radical (unpaired) electrons. The van der Waals surface area contributed by atoms with Gasteiger partial charge in [-0.2, -0.15) is 0 Å². The summed E-state index contributed by atoms with van der Waals surface area (Å²) in [6.07, 6.45) is 4.07. The number of carboxylic acid groups (broad SMARTS) is 1. The number of nitrogens with zero attached hydrogens (tertiary/aromatic N) is 3. The van der Waals surface area contributed by atoms with Crippen LogP contribution >= 0.6 is 34.5 Å². The highest BCUT2D eigenvalue weighted by molar-refractivity contribution is 7.22. The Morgan fingerprint density at radius 2 is 1.97 bits per heavy atom. The molecule has 0 unspecified atom stereocenters. The third-order valence-corrected chi connectivity index (χ3v) is 10.7. The molecule has 2 atom stereocenters. The van der Waals surface area contributed by atoms with Gasteiger partial charge in [0.1, 0.15) is 0 Å². The second-order valence-corrected chi connectivity index (χ2v) is 13.5. The van der Waals surface area contributed by atoms with Crippen molar-refractivity contribution >= 4 is 61.5 Å². The van der Waals surface area contributed by atoms with Crippen LogP contribution in [0.25, 0.3) is 10.2 Å². The Kier molecular flexibility index (Phi) is 7.00. The maximum absolute atomic E-state index is 11.5. The van der Waals surface area contributed by atoms with Crippen molar-refractivity contribution in [3.8, 4) is 0 Å². The quantitative estimate of drug-likeness (QED) is 0.312. The molecule has 202 valence electrons. The molecule has 2 aromatic carbocycles. The molecule has 1 aromatic heterocycles. The van der Waals surface area contributed by atoms with E-state index in [1.54, 1.807) is 17.4 Å². The predicted molar refractivity (Wildman–Crippen MR) is 157 cm³/mol. The zero-order valence-electron chi connectivity index (χ0n) is 21.8. The van der Waals surface area contributed by atoms with Gasteiger partial charge in [0.05, 0.1) is 27.4 Å². The van der Waals surface area contributed by atoms with Crippen molar-refractivity contribution in [1.82, 2.24) is 9.88 Å². The van der Waals surface area contributed by atoms with E-state index >= 15 is 0 Å². The van der Waals surface area contributed by atoms with Crippen molar-refractivity contribution in [2.24, 2.45) is 17.3 Å². The van der Waals surface area contributed by atoms with E-state index in [1.165, 1.54) is 12.8 Å². The molecule has 1 saturated carbocycles. The monoisotopic (exact) mass is 572 g/mol. The molecule has 38 heavy (non-hydrogen) atoms. The number of fused-ring (bicyclic) bond motifs is 1. The first-order valence-electron chi connectivity index (χ1n) is 13.5. The van der Waals surface area contributed by atoms with Gasteiger partial charge in [-0.05, 0) is 87.7 Å². The molecule has 3 aromatic rings. The van der Waals surface area contributed by atoms with Crippen LogP contribution in [-0.2, 0) is 4.79 Å². The lowest BCUT2D eigenvalue weighted by Crippen LogP contribution is -2.58. The van der Waals surface area contributed by atoms with Crippen LogP contribution in [0.15, 0.2) is 36.4 Å². The zero-order chi connectivity index (χ0) is 26.6. The number of carboxylic acids is 1. The molecule has 3 aliphatic rings. The van der Waals surface area contributed by atoms with Crippen molar-refractivity contribution in [1.29, 1.82) is 0 Å². The molecule has 9 heteroatoms. The number of piperidine rings is 1. The molecule has 0 bridgehead atoms. The first-order valence-corrected chi connectivity index (χ1v) is 15.1. The Morgan fingerprint density at radius 1 is 1.18 bits per heavy atom. The van der Waals surface area contributed by atoms with Gasteiger partial charge in [-0.3, -0.25) is 4.79 Å². The number of rotatable bonds is 7. The van der Waals surface area contributed by atoms with Crippen molar-refractivity contribution in [3.63, 3.8) is 0 Å². The number of likely N-dealkylation sites (tertiary alicyclic amines) is 1. The molecular weight excluding hydrogens is 539 g/mol. The Labute approximate surface area is 237 Å². The number of benzene rings is 2. The van der Waals surface area contributed by atoms with Gasteiger partial charge in [-0.15, -0.1) is 0 Å². The molecule has 3 heterocycles. The molecular formula is C29H34Cl2N4O2S. The maximum atomic E-state index is 11.5. The Balaban J connectivity index is 1.08. The number of hydrogen-bond donors (Lipinski definition) is 2. The number of carbonyl (C=O) groups is 1. The summed E-state index contributed by atoms with van der Waals surface area (Å²) in [6, 6.07) is 12.3. The molecule has 2 N–H and O–H groups in total. The second kappa shape index (κ2) is 10.2. The summed E-state index contributed by atoms with van der Waals surface area (Å²) < 4.78 is 1.16. The maximum Gasteiger partial charge on any atom is 0.309 e. The lowest BCUT2D eigenvalue weighted by molar-refractivity contribution is -0.158. The standard InChI is InChI=1S/C29H34Cl2N4O2S/c1-17(22-9-8-20(30)11-23(22)31)32-24-6-3-7-25-26(24)38-28(33-25)35-15-19(16-35)18-5-4-10-34(14-18)21-12-29(2,13-21)27(36)37/h3,6-9,11,17-19,21,32H,4-5,10,12-16H2,1-2H3,(H,36,37)/t17-,18+,21?,29?/m1/s1. The predicted octanol–water partition coefficient (Wildman–Crippen LogP) is 7.18. The van der Waals surface area contributed by atoms with Crippen LogP contribution in [0.5, 0.6) is 0 Å². The summed E-state index contributed by atoms with van der Waals surface area (Å²) in [4.78, 5) is 21.5. The average molecular weight is 574 g/mol. The van der Waals surface area contributed by atoms with Crippen LogP contribution in [0.1, 0.15) is 51.1 Å². The minimum Gasteiger partial charge on any atom is -0.481 e. The lowest BCUT2D eigenvalue weighted by Gasteiger charge is -2.52. The smallest absolute Gasteiger partial charge is 0.309 e. The summed E-state index contributed by atoms with van der Waals surface area (Å²) in [7, 11) is 0. The van der Waals surface area contributed by atoms with Gasteiger partial charge < -0.3 is 20.2 Å². The van der Waals surface area contributed by atoms with Gasteiger partial charge in [-0.25, -0.2) is 4.98 Å². The lowest BCUT2D eigenvalue weighted by atomic mass is 9.65. The molecule has 6 rings (SSSR count). The van der Waals surface area contributed by atoms with Crippen LogP contribution in [0.2, 0.25) is 10.0 Å². The zero-order valence-corrected chi connectivity index (χ0v) is 24.1. The molecule has 2 saturated heterocycles. The number of aromatic nitrogens is 1. The fourth-order valence-electron chi connectivity index (χ4n) is 6.49. The minimum absolute atomic E-state index is 0.0302. The number of halogens is 2. The Morgan fingerprint density at radius 3 is 2.71 bits per heavy atom. The highest BCUT2D eigenvalue weighted by atomic mass is 35.5. The van der Waals surface area contributed by atoms with Gasteiger partial charge in [-0.1, -0.05) is 46.7 Å². The van der Waals surface area contributed by atoms with Crippen LogP contribution in [0.3, 0.4) is 0 Å². The molecule has 1 aliphatic carbocycles. The van der Waals surface area contributed by atoms with Crippen LogP contribution in [0, 0.1) is 17.3 Å². The minimum atomic E-state index is -0.644. The number of nitrogens with one attached hydrogen (secondary N) is 1. The summed E-state index contributed by atoms with van der Waals surface area (Å²) in [5, 5.41) is 15.5. The van der Waals surface area contributed by atoms with E-state index in [0.29, 0.717) is 27.9 Å². The van der Waals surface area contributed by atoms with Gasteiger partial charge in [0.15, 0.2) is 5.13 Å². The number of anilines is 2. The van der Waals surface area contributed by atoms with Crippen molar-refractivity contribution in [2.75, 3.05) is 36.4 Å². The first-order chi connectivity index (χ1) is 18.2.